The Hall–Kier alpha value is -0.610. The molecule has 1 aliphatic heterocycles. The summed E-state index contributed by atoms with van der Waals surface area (Å²) in [5.74, 6) is -0.100. The van der Waals surface area contributed by atoms with E-state index in [0.717, 1.165) is 45.2 Å². The molecule has 1 aliphatic rings. The van der Waals surface area contributed by atoms with Crippen LogP contribution in [0.1, 0.15) is 32.1 Å². The summed E-state index contributed by atoms with van der Waals surface area (Å²) in [6.07, 6.45) is 5.13. The highest BCUT2D eigenvalue weighted by molar-refractivity contribution is 5.76. The number of likely N-dealkylation sites (tertiary alicyclic amines) is 1. The van der Waals surface area contributed by atoms with Crippen LogP contribution < -0.4 is 0 Å². The maximum Gasteiger partial charge on any atom is 0.323 e. The molecule has 4 heteroatoms. The monoisotopic (exact) mass is 215 g/mol. The molecule has 15 heavy (non-hydrogen) atoms. The van der Waals surface area contributed by atoms with E-state index in [-0.39, 0.29) is 18.6 Å². The van der Waals surface area contributed by atoms with Gasteiger partial charge in [-0.3, -0.25) is 9.69 Å². The lowest BCUT2D eigenvalue weighted by Gasteiger charge is -2.38. The fraction of sp³-hybridized carbons (Fsp3) is 0.909. The Kier molecular flexibility index (Phi) is 5.65. The van der Waals surface area contributed by atoms with Gasteiger partial charge in [-0.15, -0.1) is 0 Å². The minimum Gasteiger partial charge on any atom is -0.468 e. The predicted octanol–water partition coefficient (Wildman–Crippen LogP) is 0.786. The van der Waals surface area contributed by atoms with Gasteiger partial charge in [-0.05, 0) is 25.8 Å². The molecule has 1 fully saturated rings. The average Bonchev–Trinajstić information content (AvgIpc) is 2.21. The van der Waals surface area contributed by atoms with Gasteiger partial charge in [-0.2, -0.15) is 0 Å². The Morgan fingerprint density at radius 2 is 2.13 bits per heavy atom. The molecule has 4 nitrogen and oxygen atoms in total. The molecule has 1 heterocycles. The van der Waals surface area contributed by atoms with Gasteiger partial charge in [0.2, 0.25) is 0 Å². The fourth-order valence-electron chi connectivity index (χ4n) is 1.89. The van der Waals surface area contributed by atoms with Crippen LogP contribution in [0.2, 0.25) is 0 Å². The second-order valence-electron chi connectivity index (χ2n) is 4.00. The van der Waals surface area contributed by atoms with Gasteiger partial charge in [0.1, 0.15) is 6.04 Å². The number of unbranched alkanes of at least 4 members (excludes halogenated alkanes) is 3. The number of nitrogens with zero attached hydrogens (tertiary/aromatic N) is 1. The predicted molar refractivity (Wildman–Crippen MR) is 57.5 cm³/mol. The summed E-state index contributed by atoms with van der Waals surface area (Å²) in [7, 11) is 1.44. The first-order chi connectivity index (χ1) is 7.29. The quantitative estimate of drug-likeness (QED) is 0.504. The lowest BCUT2D eigenvalue weighted by Crippen LogP contribution is -2.52. The summed E-state index contributed by atoms with van der Waals surface area (Å²) >= 11 is 0. The summed E-state index contributed by atoms with van der Waals surface area (Å²) in [5.41, 5.74) is 0. The molecule has 1 unspecified atom stereocenters. The molecule has 0 spiro atoms. The van der Waals surface area contributed by atoms with E-state index in [9.17, 15) is 4.79 Å². The van der Waals surface area contributed by atoms with E-state index in [2.05, 4.69) is 4.90 Å². The highest BCUT2D eigenvalue weighted by Crippen LogP contribution is 2.19. The smallest absolute Gasteiger partial charge is 0.323 e. The van der Waals surface area contributed by atoms with Crippen molar-refractivity contribution in [3.05, 3.63) is 0 Å². The van der Waals surface area contributed by atoms with Crippen LogP contribution in [0, 0.1) is 0 Å². The molecule has 0 radical (unpaired) electrons. The van der Waals surface area contributed by atoms with E-state index in [1.807, 2.05) is 0 Å². The first kappa shape index (κ1) is 12.5. The van der Waals surface area contributed by atoms with E-state index < -0.39 is 0 Å². The van der Waals surface area contributed by atoms with Crippen molar-refractivity contribution in [3.8, 4) is 0 Å². The number of hydrogen-bond donors (Lipinski definition) is 1. The number of aliphatic hydroxyl groups is 1. The van der Waals surface area contributed by atoms with Crippen molar-refractivity contribution in [2.75, 3.05) is 26.8 Å². The maximum absolute atomic E-state index is 11.2. The average molecular weight is 215 g/mol. The Morgan fingerprint density at radius 3 is 2.67 bits per heavy atom. The molecule has 0 aromatic rings. The number of methoxy groups -OCH3 is 1. The van der Waals surface area contributed by atoms with Crippen molar-refractivity contribution in [2.45, 2.75) is 38.1 Å². The second-order valence-corrected chi connectivity index (χ2v) is 4.00. The zero-order chi connectivity index (χ0) is 11.1. The van der Waals surface area contributed by atoms with E-state index in [0.29, 0.717) is 0 Å². The number of carbonyl (C=O) groups is 1. The normalized spacial score (nSPS) is 21.1. The van der Waals surface area contributed by atoms with Crippen LogP contribution in [0.25, 0.3) is 0 Å². The minimum atomic E-state index is -0.100. The lowest BCUT2D eigenvalue weighted by molar-refractivity contribution is -0.151. The molecule has 0 aromatic carbocycles. The van der Waals surface area contributed by atoms with Gasteiger partial charge in [-0.25, -0.2) is 0 Å². The van der Waals surface area contributed by atoms with Crippen LogP contribution >= 0.6 is 0 Å². The van der Waals surface area contributed by atoms with E-state index in [1.165, 1.54) is 7.11 Å². The largest absolute Gasteiger partial charge is 0.468 e. The molecular formula is C11H21NO3. The summed E-state index contributed by atoms with van der Waals surface area (Å²) in [6, 6.07) is 0.00726. The SMILES string of the molecule is COC(=O)C1CCN1CCCCCCO. The number of esters is 1. The standard InChI is InChI=1S/C11H21NO3/c1-15-11(14)10-6-8-12(10)7-4-2-3-5-9-13/h10,13H,2-9H2,1H3. The number of rotatable bonds is 7. The van der Waals surface area contributed by atoms with Crippen LogP contribution in [0.15, 0.2) is 0 Å². The van der Waals surface area contributed by atoms with Gasteiger partial charge < -0.3 is 9.84 Å². The van der Waals surface area contributed by atoms with Crippen LogP contribution in [0.4, 0.5) is 0 Å². The van der Waals surface area contributed by atoms with Crippen LogP contribution in [-0.2, 0) is 9.53 Å². The molecule has 1 atom stereocenters. The highest BCUT2D eigenvalue weighted by atomic mass is 16.5. The molecule has 1 N–H and O–H groups in total. The maximum atomic E-state index is 11.2. The number of hydrogen-bond acceptors (Lipinski definition) is 4. The first-order valence-electron chi connectivity index (χ1n) is 5.72. The first-order valence-corrected chi connectivity index (χ1v) is 5.72. The molecule has 0 amide bonds. The molecule has 0 bridgehead atoms. The fourth-order valence-corrected chi connectivity index (χ4v) is 1.89. The number of carbonyl (C=O) groups excluding carboxylic acids is 1. The van der Waals surface area contributed by atoms with Crippen molar-refractivity contribution in [1.29, 1.82) is 0 Å². The van der Waals surface area contributed by atoms with Crippen molar-refractivity contribution >= 4 is 5.97 Å². The second kappa shape index (κ2) is 6.80. The van der Waals surface area contributed by atoms with Crippen molar-refractivity contribution < 1.29 is 14.6 Å². The molecule has 0 saturated carbocycles. The topological polar surface area (TPSA) is 49.8 Å². The van der Waals surface area contributed by atoms with Crippen molar-refractivity contribution in [3.63, 3.8) is 0 Å². The summed E-state index contributed by atoms with van der Waals surface area (Å²) in [4.78, 5) is 13.4. The Labute approximate surface area is 91.2 Å². The van der Waals surface area contributed by atoms with E-state index in [4.69, 9.17) is 9.84 Å². The lowest BCUT2D eigenvalue weighted by atomic mass is 10.0. The van der Waals surface area contributed by atoms with E-state index >= 15 is 0 Å². The van der Waals surface area contributed by atoms with Gasteiger partial charge in [0.05, 0.1) is 7.11 Å². The molecule has 1 saturated heterocycles. The molecule has 88 valence electrons. The van der Waals surface area contributed by atoms with Crippen molar-refractivity contribution in [2.24, 2.45) is 0 Å². The van der Waals surface area contributed by atoms with Gasteiger partial charge in [0, 0.05) is 13.2 Å². The van der Waals surface area contributed by atoms with Crippen LogP contribution in [-0.4, -0.2) is 48.8 Å². The van der Waals surface area contributed by atoms with Gasteiger partial charge in [-0.1, -0.05) is 12.8 Å². The van der Waals surface area contributed by atoms with Crippen LogP contribution in [0.3, 0.4) is 0 Å². The minimum absolute atomic E-state index is 0.00726. The van der Waals surface area contributed by atoms with Crippen LogP contribution in [0.5, 0.6) is 0 Å². The van der Waals surface area contributed by atoms with Gasteiger partial charge in [0.15, 0.2) is 0 Å². The summed E-state index contributed by atoms with van der Waals surface area (Å²) < 4.78 is 4.72. The van der Waals surface area contributed by atoms with E-state index in [1.54, 1.807) is 0 Å². The Bertz CT molecular complexity index is 196. The highest BCUT2D eigenvalue weighted by Gasteiger charge is 2.34. The zero-order valence-corrected chi connectivity index (χ0v) is 9.45. The third-order valence-electron chi connectivity index (χ3n) is 2.96. The molecule has 0 aliphatic carbocycles. The Balaban J connectivity index is 2.04. The molecule has 1 rings (SSSR count). The third-order valence-corrected chi connectivity index (χ3v) is 2.96. The number of aliphatic hydroxyl groups excluding tert-OH is 1. The molecular weight excluding hydrogens is 194 g/mol. The number of ether oxygens (including phenoxy) is 1. The third kappa shape index (κ3) is 3.80. The zero-order valence-electron chi connectivity index (χ0n) is 9.45. The van der Waals surface area contributed by atoms with Gasteiger partial charge in [0.25, 0.3) is 0 Å². The summed E-state index contributed by atoms with van der Waals surface area (Å²) in [5, 5.41) is 8.61. The molecule has 0 aromatic heterocycles. The van der Waals surface area contributed by atoms with Gasteiger partial charge >= 0.3 is 5.97 Å². The van der Waals surface area contributed by atoms with Crippen molar-refractivity contribution in [1.82, 2.24) is 4.90 Å². The summed E-state index contributed by atoms with van der Waals surface area (Å²) in [6.45, 7) is 2.28. The Morgan fingerprint density at radius 1 is 1.40 bits per heavy atom.